The van der Waals surface area contributed by atoms with Gasteiger partial charge in [0.25, 0.3) is 5.91 Å². The molecule has 0 radical (unpaired) electrons. The molecule has 5 nitrogen and oxygen atoms in total. The van der Waals surface area contributed by atoms with E-state index in [4.69, 9.17) is 11.6 Å². The second-order valence-electron chi connectivity index (χ2n) is 6.10. The van der Waals surface area contributed by atoms with Gasteiger partial charge in [-0.2, -0.15) is 4.99 Å². The predicted molar refractivity (Wildman–Crippen MR) is 103 cm³/mol. The van der Waals surface area contributed by atoms with Crippen molar-refractivity contribution in [1.82, 2.24) is 4.57 Å². The molecule has 1 heterocycles. The Morgan fingerprint density at radius 3 is 2.54 bits per heavy atom. The minimum Gasteiger partial charge on any atom is -0.480 e. The summed E-state index contributed by atoms with van der Waals surface area (Å²) in [6.07, 6.45) is 0. The average molecular weight is 389 g/mol. The number of hydrogen-bond acceptors (Lipinski definition) is 3. The van der Waals surface area contributed by atoms with Gasteiger partial charge >= 0.3 is 5.97 Å². The summed E-state index contributed by atoms with van der Waals surface area (Å²) in [5.74, 6) is -1.45. The molecule has 0 aliphatic carbocycles. The second-order valence-corrected chi connectivity index (χ2v) is 7.55. The third-order valence-corrected chi connectivity index (χ3v) is 5.51. The molecule has 1 atom stereocenters. The van der Waals surface area contributed by atoms with Gasteiger partial charge in [-0.15, -0.1) is 0 Å². The quantitative estimate of drug-likeness (QED) is 0.724. The summed E-state index contributed by atoms with van der Waals surface area (Å²) < 4.78 is 2.48. The number of hydrogen-bond donors (Lipinski definition) is 1. The molecule has 0 spiro atoms. The number of thiazole rings is 1. The van der Waals surface area contributed by atoms with Crippen molar-refractivity contribution in [2.75, 3.05) is 0 Å². The van der Waals surface area contributed by atoms with E-state index in [1.165, 1.54) is 11.3 Å². The first kappa shape index (κ1) is 18.4. The molecule has 1 N–H and O–H groups in total. The Hall–Kier alpha value is -2.44. The highest BCUT2D eigenvalue weighted by Gasteiger charge is 2.20. The molecule has 0 fully saturated rings. The number of carboxylic acids is 1. The second kappa shape index (κ2) is 7.05. The van der Waals surface area contributed by atoms with Gasteiger partial charge in [-0.05, 0) is 62.2 Å². The molecule has 2 aromatic carbocycles. The summed E-state index contributed by atoms with van der Waals surface area (Å²) in [6.45, 7) is 5.54. The van der Waals surface area contributed by atoms with Crippen LogP contribution >= 0.6 is 22.9 Å². The lowest BCUT2D eigenvalue weighted by Gasteiger charge is -2.11. The van der Waals surface area contributed by atoms with Crippen LogP contribution in [0.2, 0.25) is 5.02 Å². The van der Waals surface area contributed by atoms with E-state index in [1.807, 2.05) is 26.0 Å². The Bertz CT molecular complexity index is 1100. The third kappa shape index (κ3) is 3.43. The Morgan fingerprint density at radius 2 is 1.88 bits per heavy atom. The Morgan fingerprint density at radius 1 is 1.19 bits per heavy atom. The molecule has 1 amide bonds. The normalized spacial score (nSPS) is 13.2. The Labute approximate surface area is 159 Å². The van der Waals surface area contributed by atoms with Crippen LogP contribution in [0.4, 0.5) is 0 Å². The number of carbonyl (C=O) groups is 2. The van der Waals surface area contributed by atoms with Crippen LogP contribution < -0.4 is 4.80 Å². The molecule has 1 unspecified atom stereocenters. The topological polar surface area (TPSA) is 71.7 Å². The lowest BCUT2D eigenvalue weighted by Crippen LogP contribution is -2.25. The largest absolute Gasteiger partial charge is 0.480 e. The van der Waals surface area contributed by atoms with E-state index < -0.39 is 17.9 Å². The van der Waals surface area contributed by atoms with E-state index in [0.29, 0.717) is 15.4 Å². The zero-order valence-corrected chi connectivity index (χ0v) is 16.1. The predicted octanol–water partition coefficient (Wildman–Crippen LogP) is 4.36. The molecule has 0 aliphatic rings. The maximum atomic E-state index is 12.5. The molecule has 26 heavy (non-hydrogen) atoms. The monoisotopic (exact) mass is 388 g/mol. The molecule has 3 rings (SSSR count). The number of benzene rings is 2. The van der Waals surface area contributed by atoms with E-state index in [0.717, 1.165) is 21.3 Å². The smallest absolute Gasteiger partial charge is 0.326 e. The maximum absolute atomic E-state index is 12.5. The molecular formula is C19H17ClN2O3S. The number of fused-ring (bicyclic) bond motifs is 1. The van der Waals surface area contributed by atoms with Gasteiger partial charge in [-0.3, -0.25) is 4.79 Å². The van der Waals surface area contributed by atoms with Crippen LogP contribution in [-0.2, 0) is 4.79 Å². The van der Waals surface area contributed by atoms with Crippen molar-refractivity contribution in [2.24, 2.45) is 4.99 Å². The van der Waals surface area contributed by atoms with E-state index in [2.05, 4.69) is 4.99 Å². The summed E-state index contributed by atoms with van der Waals surface area (Å²) in [4.78, 5) is 28.7. The van der Waals surface area contributed by atoms with Crippen molar-refractivity contribution in [3.8, 4) is 0 Å². The lowest BCUT2D eigenvalue weighted by molar-refractivity contribution is -0.140. The molecule has 7 heteroatoms. The van der Waals surface area contributed by atoms with E-state index in [1.54, 1.807) is 35.8 Å². The molecule has 0 bridgehead atoms. The highest BCUT2D eigenvalue weighted by Crippen LogP contribution is 2.25. The van der Waals surface area contributed by atoms with Crippen LogP contribution in [0.15, 0.2) is 41.4 Å². The van der Waals surface area contributed by atoms with Gasteiger partial charge in [0.1, 0.15) is 6.04 Å². The highest BCUT2D eigenvalue weighted by atomic mass is 35.5. The minimum absolute atomic E-state index is 0.352. The average Bonchev–Trinajstić information content (AvgIpc) is 2.91. The van der Waals surface area contributed by atoms with Crippen LogP contribution in [-0.4, -0.2) is 21.6 Å². The number of nitrogens with zero attached hydrogens (tertiary/aromatic N) is 2. The molecule has 0 aliphatic heterocycles. The number of halogens is 1. The van der Waals surface area contributed by atoms with Gasteiger partial charge < -0.3 is 9.67 Å². The van der Waals surface area contributed by atoms with Crippen LogP contribution in [0.5, 0.6) is 0 Å². The number of amides is 1. The van der Waals surface area contributed by atoms with Crippen molar-refractivity contribution in [1.29, 1.82) is 0 Å². The van der Waals surface area contributed by atoms with Crippen LogP contribution in [0.25, 0.3) is 10.2 Å². The Kier molecular flexibility index (Phi) is 4.98. The van der Waals surface area contributed by atoms with Crippen LogP contribution in [0, 0.1) is 13.8 Å². The number of aliphatic carboxylic acids is 1. The molecule has 1 aromatic heterocycles. The molecular weight excluding hydrogens is 372 g/mol. The fourth-order valence-electron chi connectivity index (χ4n) is 2.63. The fourth-order valence-corrected chi connectivity index (χ4v) is 4.00. The Balaban J connectivity index is 2.25. The standard InChI is InChI=1S/C19H17ClN2O3S/c1-10-7-15-16(8-11(10)2)26-19(22(15)12(3)18(24)25)21-17(23)13-5-4-6-14(20)9-13/h4-9,12H,1-3H3,(H,24,25)/b21-19-. The van der Waals surface area contributed by atoms with Gasteiger partial charge in [0.2, 0.25) is 0 Å². The van der Waals surface area contributed by atoms with E-state index in [9.17, 15) is 14.7 Å². The summed E-state index contributed by atoms with van der Waals surface area (Å²) in [5.41, 5.74) is 3.26. The SMILES string of the molecule is Cc1cc2s/c(=N\C(=O)c3cccc(Cl)c3)n(C(C)C(=O)O)c2cc1C. The van der Waals surface area contributed by atoms with Gasteiger partial charge in [-0.1, -0.05) is 29.0 Å². The number of carboxylic acid groups (broad SMARTS) is 1. The molecule has 0 saturated carbocycles. The van der Waals surface area contributed by atoms with Gasteiger partial charge in [-0.25, -0.2) is 4.79 Å². The van der Waals surface area contributed by atoms with Crippen molar-refractivity contribution >= 4 is 45.0 Å². The zero-order chi connectivity index (χ0) is 19.0. The zero-order valence-electron chi connectivity index (χ0n) is 14.5. The summed E-state index contributed by atoms with van der Waals surface area (Å²) >= 11 is 7.24. The summed E-state index contributed by atoms with van der Waals surface area (Å²) in [7, 11) is 0. The van der Waals surface area contributed by atoms with Crippen LogP contribution in [0.1, 0.15) is 34.5 Å². The first-order valence-electron chi connectivity index (χ1n) is 7.97. The van der Waals surface area contributed by atoms with Crippen molar-refractivity contribution < 1.29 is 14.7 Å². The van der Waals surface area contributed by atoms with Gasteiger partial charge in [0.15, 0.2) is 4.80 Å². The van der Waals surface area contributed by atoms with Gasteiger partial charge in [0.05, 0.1) is 10.2 Å². The van der Waals surface area contributed by atoms with Crippen LogP contribution in [0.3, 0.4) is 0 Å². The fraction of sp³-hybridized carbons (Fsp3) is 0.211. The van der Waals surface area contributed by atoms with E-state index in [-0.39, 0.29) is 0 Å². The minimum atomic E-state index is -0.986. The summed E-state index contributed by atoms with van der Waals surface area (Å²) in [6, 6.07) is 9.60. The number of carbonyl (C=O) groups excluding carboxylic acids is 1. The first-order chi connectivity index (χ1) is 12.3. The lowest BCUT2D eigenvalue weighted by atomic mass is 10.1. The molecule has 0 saturated heterocycles. The molecule has 134 valence electrons. The number of aryl methyl sites for hydroxylation is 2. The van der Waals surface area contributed by atoms with Crippen molar-refractivity contribution in [2.45, 2.75) is 26.8 Å². The number of aromatic nitrogens is 1. The third-order valence-electron chi connectivity index (χ3n) is 4.26. The maximum Gasteiger partial charge on any atom is 0.326 e. The highest BCUT2D eigenvalue weighted by molar-refractivity contribution is 7.16. The summed E-state index contributed by atoms with van der Waals surface area (Å²) in [5, 5.41) is 9.93. The molecule has 3 aromatic rings. The van der Waals surface area contributed by atoms with Crippen molar-refractivity contribution in [3.05, 3.63) is 62.9 Å². The van der Waals surface area contributed by atoms with E-state index >= 15 is 0 Å². The first-order valence-corrected chi connectivity index (χ1v) is 9.17. The number of rotatable bonds is 3. The van der Waals surface area contributed by atoms with Crippen molar-refractivity contribution in [3.63, 3.8) is 0 Å². The van der Waals surface area contributed by atoms with Gasteiger partial charge in [0, 0.05) is 10.6 Å².